The van der Waals surface area contributed by atoms with Crippen LogP contribution in [0.5, 0.6) is 0 Å². The van der Waals surface area contributed by atoms with Crippen molar-refractivity contribution in [3.63, 3.8) is 0 Å². The molecule has 1 fully saturated rings. The maximum absolute atomic E-state index is 11.2. The molecule has 1 aromatic rings. The van der Waals surface area contributed by atoms with Crippen molar-refractivity contribution in [2.75, 3.05) is 18.6 Å². The highest BCUT2D eigenvalue weighted by Gasteiger charge is 2.38. The molecule has 2 unspecified atom stereocenters. The Morgan fingerprint density at radius 2 is 2.33 bits per heavy atom. The molecule has 0 aromatic carbocycles. The van der Waals surface area contributed by atoms with Crippen LogP contribution >= 0.6 is 23.2 Å². The number of pyridine rings is 1. The van der Waals surface area contributed by atoms with E-state index in [4.69, 9.17) is 27.9 Å². The SMILES string of the molecule is COC1CC(C(=O)O)N(c2ncc(Cl)cc2Cl)C1. The normalized spacial score (nSPS) is 23.4. The van der Waals surface area contributed by atoms with Gasteiger partial charge in [-0.05, 0) is 6.07 Å². The molecular formula is C11H12Cl2N2O3. The number of hydrogen-bond donors (Lipinski definition) is 1. The van der Waals surface area contributed by atoms with Gasteiger partial charge in [0.2, 0.25) is 0 Å². The predicted molar refractivity (Wildman–Crippen MR) is 68.4 cm³/mol. The van der Waals surface area contributed by atoms with Crippen molar-refractivity contribution < 1.29 is 14.6 Å². The first-order valence-corrected chi connectivity index (χ1v) is 6.11. The van der Waals surface area contributed by atoms with Gasteiger partial charge in [0.15, 0.2) is 0 Å². The summed E-state index contributed by atoms with van der Waals surface area (Å²) in [5, 5.41) is 9.96. The van der Waals surface area contributed by atoms with Crippen LogP contribution in [0.25, 0.3) is 0 Å². The van der Waals surface area contributed by atoms with Crippen LogP contribution in [0.15, 0.2) is 12.3 Å². The van der Waals surface area contributed by atoms with Crippen molar-refractivity contribution >= 4 is 35.0 Å². The molecule has 0 amide bonds. The van der Waals surface area contributed by atoms with E-state index in [1.165, 1.54) is 6.20 Å². The third kappa shape index (κ3) is 2.53. The summed E-state index contributed by atoms with van der Waals surface area (Å²) < 4.78 is 5.20. The number of methoxy groups -OCH3 is 1. The van der Waals surface area contributed by atoms with Crippen LogP contribution in [0.2, 0.25) is 10.0 Å². The van der Waals surface area contributed by atoms with Gasteiger partial charge in [-0.2, -0.15) is 0 Å². The number of aromatic nitrogens is 1. The molecule has 2 atom stereocenters. The fourth-order valence-corrected chi connectivity index (χ4v) is 2.54. The summed E-state index contributed by atoms with van der Waals surface area (Å²) in [6.45, 7) is 0.446. The lowest BCUT2D eigenvalue weighted by molar-refractivity contribution is -0.138. The number of carboxylic acids is 1. The molecule has 0 spiro atoms. The minimum Gasteiger partial charge on any atom is -0.480 e. The molecule has 0 saturated carbocycles. The van der Waals surface area contributed by atoms with Crippen molar-refractivity contribution in [3.05, 3.63) is 22.3 Å². The Hall–Kier alpha value is -1.04. The quantitative estimate of drug-likeness (QED) is 0.923. The molecule has 1 aliphatic rings. The highest BCUT2D eigenvalue weighted by molar-refractivity contribution is 6.36. The minimum atomic E-state index is -0.914. The lowest BCUT2D eigenvalue weighted by atomic mass is 10.2. The van der Waals surface area contributed by atoms with Gasteiger partial charge in [-0.15, -0.1) is 0 Å². The molecule has 1 N–H and O–H groups in total. The molecule has 5 nitrogen and oxygen atoms in total. The van der Waals surface area contributed by atoms with Crippen LogP contribution < -0.4 is 4.90 Å². The second kappa shape index (κ2) is 5.30. The standard InChI is InChI=1S/C11H12Cl2N2O3/c1-18-7-3-9(11(16)17)15(5-7)10-8(13)2-6(12)4-14-10/h2,4,7,9H,3,5H2,1H3,(H,16,17). The fourth-order valence-electron chi connectivity index (χ4n) is 2.06. The van der Waals surface area contributed by atoms with Gasteiger partial charge < -0.3 is 14.7 Å². The van der Waals surface area contributed by atoms with Crippen LogP contribution in [-0.2, 0) is 9.53 Å². The van der Waals surface area contributed by atoms with Gasteiger partial charge in [0, 0.05) is 26.3 Å². The second-order valence-electron chi connectivity index (χ2n) is 4.06. The lowest BCUT2D eigenvalue weighted by Crippen LogP contribution is -2.36. The number of carbonyl (C=O) groups is 1. The van der Waals surface area contributed by atoms with Gasteiger partial charge in [0.25, 0.3) is 0 Å². The van der Waals surface area contributed by atoms with Gasteiger partial charge >= 0.3 is 5.97 Å². The first-order valence-electron chi connectivity index (χ1n) is 5.36. The summed E-state index contributed by atoms with van der Waals surface area (Å²) in [7, 11) is 1.56. The third-order valence-corrected chi connectivity index (χ3v) is 3.43. The summed E-state index contributed by atoms with van der Waals surface area (Å²) in [4.78, 5) is 17.0. The van der Waals surface area contributed by atoms with Gasteiger partial charge in [0.1, 0.15) is 11.9 Å². The Morgan fingerprint density at radius 3 is 2.89 bits per heavy atom. The van der Waals surface area contributed by atoms with E-state index in [0.717, 1.165) is 0 Å². The highest BCUT2D eigenvalue weighted by Crippen LogP contribution is 2.32. The summed E-state index contributed by atoms with van der Waals surface area (Å²) >= 11 is 11.8. The van der Waals surface area contributed by atoms with Crippen LogP contribution in [0.3, 0.4) is 0 Å². The third-order valence-electron chi connectivity index (χ3n) is 2.94. The molecule has 18 heavy (non-hydrogen) atoms. The zero-order valence-electron chi connectivity index (χ0n) is 9.64. The van der Waals surface area contributed by atoms with Crippen molar-refractivity contribution in [1.82, 2.24) is 4.98 Å². The van der Waals surface area contributed by atoms with E-state index in [1.807, 2.05) is 0 Å². The van der Waals surface area contributed by atoms with E-state index in [1.54, 1.807) is 18.1 Å². The summed E-state index contributed by atoms with van der Waals surface area (Å²) in [6, 6.07) is 0.867. The second-order valence-corrected chi connectivity index (χ2v) is 4.90. The lowest BCUT2D eigenvalue weighted by Gasteiger charge is -2.23. The molecule has 1 aromatic heterocycles. The number of rotatable bonds is 3. The zero-order chi connectivity index (χ0) is 13.3. The Morgan fingerprint density at radius 1 is 1.61 bits per heavy atom. The smallest absolute Gasteiger partial charge is 0.326 e. The Kier molecular flexibility index (Phi) is 3.94. The first kappa shape index (κ1) is 13.4. The van der Waals surface area contributed by atoms with Crippen LogP contribution in [-0.4, -0.2) is 41.9 Å². The average Bonchev–Trinajstić information content (AvgIpc) is 2.73. The monoisotopic (exact) mass is 290 g/mol. The van der Waals surface area contributed by atoms with Gasteiger partial charge in [-0.25, -0.2) is 9.78 Å². The van der Waals surface area contributed by atoms with Gasteiger partial charge in [0.05, 0.1) is 16.1 Å². The number of halogens is 2. The average molecular weight is 291 g/mol. The summed E-state index contributed by atoms with van der Waals surface area (Å²) in [5.74, 6) is -0.490. The molecule has 0 aliphatic carbocycles. The van der Waals surface area contributed by atoms with E-state index < -0.39 is 12.0 Å². The molecule has 1 aliphatic heterocycles. The first-order chi connectivity index (χ1) is 8.52. The van der Waals surface area contributed by atoms with E-state index in [-0.39, 0.29) is 6.10 Å². The predicted octanol–water partition coefficient (Wildman–Crippen LogP) is 2.07. The van der Waals surface area contributed by atoms with Crippen LogP contribution in [0.1, 0.15) is 6.42 Å². The minimum absolute atomic E-state index is 0.139. The maximum atomic E-state index is 11.2. The number of hydrogen-bond acceptors (Lipinski definition) is 4. The maximum Gasteiger partial charge on any atom is 0.326 e. The zero-order valence-corrected chi connectivity index (χ0v) is 11.1. The van der Waals surface area contributed by atoms with E-state index in [9.17, 15) is 9.90 Å². The molecule has 98 valence electrons. The van der Waals surface area contributed by atoms with Crippen LogP contribution in [0, 0.1) is 0 Å². The van der Waals surface area contributed by atoms with Crippen LogP contribution in [0.4, 0.5) is 5.82 Å². The molecule has 0 bridgehead atoms. The number of ether oxygens (including phenoxy) is 1. The Balaban J connectivity index is 2.32. The number of nitrogens with zero attached hydrogens (tertiary/aromatic N) is 2. The summed E-state index contributed by atoms with van der Waals surface area (Å²) in [6.07, 6.45) is 1.72. The largest absolute Gasteiger partial charge is 0.480 e. The summed E-state index contributed by atoms with van der Waals surface area (Å²) in [5.41, 5.74) is 0. The molecular weight excluding hydrogens is 279 g/mol. The van der Waals surface area contributed by atoms with E-state index in [2.05, 4.69) is 4.98 Å². The number of aliphatic carboxylic acids is 1. The molecule has 0 radical (unpaired) electrons. The van der Waals surface area contributed by atoms with Crippen molar-refractivity contribution in [2.45, 2.75) is 18.6 Å². The Bertz CT molecular complexity index is 470. The van der Waals surface area contributed by atoms with E-state index >= 15 is 0 Å². The molecule has 1 saturated heterocycles. The van der Waals surface area contributed by atoms with Gasteiger partial charge in [-0.3, -0.25) is 0 Å². The highest BCUT2D eigenvalue weighted by atomic mass is 35.5. The van der Waals surface area contributed by atoms with Crippen molar-refractivity contribution in [2.24, 2.45) is 0 Å². The molecule has 2 rings (SSSR count). The number of anilines is 1. The number of carboxylic acid groups (broad SMARTS) is 1. The molecule has 7 heteroatoms. The van der Waals surface area contributed by atoms with E-state index in [0.29, 0.717) is 28.8 Å². The topological polar surface area (TPSA) is 62.7 Å². The van der Waals surface area contributed by atoms with Crippen molar-refractivity contribution in [1.29, 1.82) is 0 Å². The Labute approximate surface area is 114 Å². The van der Waals surface area contributed by atoms with Gasteiger partial charge in [-0.1, -0.05) is 23.2 Å². The fraction of sp³-hybridized carbons (Fsp3) is 0.455. The van der Waals surface area contributed by atoms with Crippen molar-refractivity contribution in [3.8, 4) is 0 Å². The molecule has 2 heterocycles.